The topological polar surface area (TPSA) is 68.2 Å². The van der Waals surface area contributed by atoms with Crippen LogP contribution in [0.3, 0.4) is 0 Å². The molecule has 2 rings (SSSR count). The summed E-state index contributed by atoms with van der Waals surface area (Å²) < 4.78 is 16.0. The van der Waals surface area contributed by atoms with E-state index in [9.17, 15) is 10.2 Å². The SMILES string of the molecule is CO[C@H]1[C@H](OCc2ccccc2)OC[C@@H](O)[C@H]1O. The molecule has 5 nitrogen and oxygen atoms in total. The van der Waals surface area contributed by atoms with Gasteiger partial charge in [0.1, 0.15) is 18.3 Å². The van der Waals surface area contributed by atoms with Gasteiger partial charge in [-0.2, -0.15) is 0 Å². The molecule has 1 aliphatic heterocycles. The fourth-order valence-electron chi connectivity index (χ4n) is 1.91. The lowest BCUT2D eigenvalue weighted by molar-refractivity contribution is -0.279. The van der Waals surface area contributed by atoms with E-state index in [1.54, 1.807) is 0 Å². The Morgan fingerprint density at radius 2 is 2.00 bits per heavy atom. The molecule has 0 amide bonds. The average molecular weight is 254 g/mol. The molecule has 1 fully saturated rings. The maximum absolute atomic E-state index is 9.77. The Labute approximate surface area is 106 Å². The van der Waals surface area contributed by atoms with Crippen molar-refractivity contribution in [3.05, 3.63) is 35.9 Å². The molecule has 0 saturated carbocycles. The van der Waals surface area contributed by atoms with Crippen LogP contribution in [0.4, 0.5) is 0 Å². The summed E-state index contributed by atoms with van der Waals surface area (Å²) in [5.41, 5.74) is 1.01. The van der Waals surface area contributed by atoms with Gasteiger partial charge in [-0.1, -0.05) is 30.3 Å². The first kappa shape index (κ1) is 13.5. The van der Waals surface area contributed by atoms with Crippen molar-refractivity contribution >= 4 is 0 Å². The molecule has 1 aliphatic rings. The smallest absolute Gasteiger partial charge is 0.186 e. The first-order valence-electron chi connectivity index (χ1n) is 5.88. The molecule has 0 aliphatic carbocycles. The van der Waals surface area contributed by atoms with Crippen molar-refractivity contribution in [3.8, 4) is 0 Å². The van der Waals surface area contributed by atoms with Gasteiger partial charge in [0.25, 0.3) is 0 Å². The lowest BCUT2D eigenvalue weighted by Crippen LogP contribution is -2.54. The highest BCUT2D eigenvalue weighted by Gasteiger charge is 2.39. The molecule has 0 aromatic heterocycles. The molecule has 1 aromatic carbocycles. The van der Waals surface area contributed by atoms with Crippen molar-refractivity contribution in [2.24, 2.45) is 0 Å². The summed E-state index contributed by atoms with van der Waals surface area (Å²) in [5.74, 6) is 0. The molecule has 1 aromatic rings. The fraction of sp³-hybridized carbons (Fsp3) is 0.538. The number of aliphatic hydroxyl groups excluding tert-OH is 2. The standard InChI is InChI=1S/C13H18O5/c1-16-12-11(15)10(14)8-18-13(12)17-7-9-5-3-2-4-6-9/h2-6,10-15H,7-8H2,1H3/t10-,11-,12-,13-/m1/s1. The zero-order valence-corrected chi connectivity index (χ0v) is 10.2. The van der Waals surface area contributed by atoms with Gasteiger partial charge in [-0.15, -0.1) is 0 Å². The van der Waals surface area contributed by atoms with Crippen LogP contribution >= 0.6 is 0 Å². The number of ether oxygens (including phenoxy) is 3. The molecule has 18 heavy (non-hydrogen) atoms. The van der Waals surface area contributed by atoms with Crippen LogP contribution in [0.2, 0.25) is 0 Å². The second-order valence-corrected chi connectivity index (χ2v) is 4.26. The van der Waals surface area contributed by atoms with Crippen LogP contribution in [0.25, 0.3) is 0 Å². The highest BCUT2D eigenvalue weighted by Crippen LogP contribution is 2.20. The Kier molecular flexibility index (Phi) is 4.68. The molecule has 0 bridgehead atoms. The van der Waals surface area contributed by atoms with Crippen molar-refractivity contribution in [3.63, 3.8) is 0 Å². The van der Waals surface area contributed by atoms with Crippen LogP contribution in [-0.2, 0) is 20.8 Å². The zero-order chi connectivity index (χ0) is 13.0. The number of aliphatic hydroxyl groups is 2. The largest absolute Gasteiger partial charge is 0.388 e. The van der Waals surface area contributed by atoms with Gasteiger partial charge >= 0.3 is 0 Å². The summed E-state index contributed by atoms with van der Waals surface area (Å²) in [6, 6.07) is 9.66. The molecule has 1 saturated heterocycles. The van der Waals surface area contributed by atoms with E-state index < -0.39 is 24.6 Å². The highest BCUT2D eigenvalue weighted by atomic mass is 16.7. The van der Waals surface area contributed by atoms with E-state index in [0.29, 0.717) is 6.61 Å². The summed E-state index contributed by atoms with van der Waals surface area (Å²) in [5, 5.41) is 19.2. The van der Waals surface area contributed by atoms with E-state index in [0.717, 1.165) is 5.56 Å². The molecular formula is C13H18O5. The normalized spacial score (nSPS) is 32.4. The number of benzene rings is 1. The number of hydrogen-bond acceptors (Lipinski definition) is 5. The summed E-state index contributed by atoms with van der Waals surface area (Å²) in [7, 11) is 1.45. The Morgan fingerprint density at radius 1 is 1.28 bits per heavy atom. The quantitative estimate of drug-likeness (QED) is 0.808. The third-order valence-corrected chi connectivity index (χ3v) is 2.96. The maximum Gasteiger partial charge on any atom is 0.186 e. The Hall–Kier alpha value is -0.980. The molecule has 0 unspecified atom stereocenters. The van der Waals surface area contributed by atoms with Crippen LogP contribution in [0.5, 0.6) is 0 Å². The Bertz CT molecular complexity index is 356. The van der Waals surface area contributed by atoms with Crippen LogP contribution in [0.1, 0.15) is 5.56 Å². The molecule has 0 radical (unpaired) electrons. The minimum absolute atomic E-state index is 0.0421. The van der Waals surface area contributed by atoms with E-state index in [1.807, 2.05) is 30.3 Å². The van der Waals surface area contributed by atoms with Gasteiger partial charge < -0.3 is 24.4 Å². The molecule has 100 valence electrons. The summed E-state index contributed by atoms with van der Waals surface area (Å²) in [6.07, 6.45) is -3.29. The third kappa shape index (κ3) is 3.07. The molecule has 4 atom stereocenters. The Balaban J connectivity index is 1.92. The minimum atomic E-state index is -0.996. The van der Waals surface area contributed by atoms with Gasteiger partial charge in [-0.3, -0.25) is 0 Å². The van der Waals surface area contributed by atoms with E-state index in [1.165, 1.54) is 7.11 Å². The van der Waals surface area contributed by atoms with E-state index in [4.69, 9.17) is 14.2 Å². The highest BCUT2D eigenvalue weighted by molar-refractivity contribution is 5.13. The van der Waals surface area contributed by atoms with Crippen LogP contribution in [0.15, 0.2) is 30.3 Å². The first-order valence-corrected chi connectivity index (χ1v) is 5.88. The third-order valence-electron chi connectivity index (χ3n) is 2.96. The lowest BCUT2D eigenvalue weighted by Gasteiger charge is -2.36. The van der Waals surface area contributed by atoms with Crippen molar-refractivity contribution < 1.29 is 24.4 Å². The lowest BCUT2D eigenvalue weighted by atomic mass is 10.1. The first-order chi connectivity index (χ1) is 8.72. The summed E-state index contributed by atoms with van der Waals surface area (Å²) in [4.78, 5) is 0. The maximum atomic E-state index is 9.77. The van der Waals surface area contributed by atoms with Crippen molar-refractivity contribution in [2.75, 3.05) is 13.7 Å². The zero-order valence-electron chi connectivity index (χ0n) is 10.2. The average Bonchev–Trinajstić information content (AvgIpc) is 2.41. The monoisotopic (exact) mass is 254 g/mol. The molecular weight excluding hydrogens is 236 g/mol. The van der Waals surface area contributed by atoms with Gasteiger partial charge in [0.15, 0.2) is 6.29 Å². The predicted molar refractivity (Wildman–Crippen MR) is 63.8 cm³/mol. The van der Waals surface area contributed by atoms with Crippen LogP contribution < -0.4 is 0 Å². The van der Waals surface area contributed by atoms with Gasteiger partial charge in [0, 0.05) is 7.11 Å². The van der Waals surface area contributed by atoms with Gasteiger partial charge in [0.05, 0.1) is 13.2 Å². The molecule has 5 heteroatoms. The number of hydrogen-bond donors (Lipinski definition) is 2. The number of rotatable bonds is 4. The van der Waals surface area contributed by atoms with E-state index in [-0.39, 0.29) is 6.61 Å². The van der Waals surface area contributed by atoms with E-state index >= 15 is 0 Å². The summed E-state index contributed by atoms with van der Waals surface area (Å²) in [6.45, 7) is 0.411. The molecule has 0 spiro atoms. The molecule has 1 heterocycles. The van der Waals surface area contributed by atoms with Crippen LogP contribution in [0, 0.1) is 0 Å². The Morgan fingerprint density at radius 3 is 2.67 bits per heavy atom. The van der Waals surface area contributed by atoms with Crippen molar-refractivity contribution in [1.29, 1.82) is 0 Å². The fourth-order valence-corrected chi connectivity index (χ4v) is 1.91. The van der Waals surface area contributed by atoms with Crippen molar-refractivity contribution in [2.45, 2.75) is 31.2 Å². The van der Waals surface area contributed by atoms with Gasteiger partial charge in [-0.25, -0.2) is 0 Å². The predicted octanol–water partition coefficient (Wildman–Crippen LogP) is 0.296. The van der Waals surface area contributed by atoms with E-state index in [2.05, 4.69) is 0 Å². The second kappa shape index (κ2) is 6.26. The second-order valence-electron chi connectivity index (χ2n) is 4.26. The van der Waals surface area contributed by atoms with Gasteiger partial charge in [-0.05, 0) is 5.56 Å². The van der Waals surface area contributed by atoms with Gasteiger partial charge in [0.2, 0.25) is 0 Å². The minimum Gasteiger partial charge on any atom is -0.388 e. The van der Waals surface area contributed by atoms with Crippen LogP contribution in [-0.4, -0.2) is 48.5 Å². The number of methoxy groups -OCH3 is 1. The van der Waals surface area contributed by atoms with Crippen molar-refractivity contribution in [1.82, 2.24) is 0 Å². The summed E-state index contributed by atoms with van der Waals surface area (Å²) >= 11 is 0. The molecule has 2 N–H and O–H groups in total.